The summed E-state index contributed by atoms with van der Waals surface area (Å²) in [6.07, 6.45) is 9.88. The van der Waals surface area contributed by atoms with Crippen molar-refractivity contribution in [3.8, 4) is 22.3 Å². The number of hydrogen-bond acceptors (Lipinski definition) is 3. The van der Waals surface area contributed by atoms with Crippen LogP contribution in [0, 0.1) is 0 Å². The number of hydrogen-bond donors (Lipinski definition) is 3. The fourth-order valence-electron chi connectivity index (χ4n) is 7.09. The van der Waals surface area contributed by atoms with E-state index < -0.39 is 0 Å². The Hall–Kier alpha value is -5.48. The van der Waals surface area contributed by atoms with Crippen LogP contribution in [0.2, 0.25) is 0 Å². The predicted molar refractivity (Wildman–Crippen MR) is 209 cm³/mol. The van der Waals surface area contributed by atoms with Gasteiger partial charge in [-0.25, -0.2) is 0 Å². The molecular weight excluding hydrogens is 595 g/mol. The predicted octanol–water partition coefficient (Wildman–Crippen LogP) is 10.7. The molecule has 2 atom stereocenters. The summed E-state index contributed by atoms with van der Waals surface area (Å²) in [6.45, 7) is 6.68. The Morgan fingerprint density at radius 2 is 1.39 bits per heavy atom. The van der Waals surface area contributed by atoms with Gasteiger partial charge in [0.05, 0.1) is 12.2 Å². The topological polar surface area (TPSA) is 64.1 Å². The van der Waals surface area contributed by atoms with Gasteiger partial charge >= 0.3 is 0 Å². The molecule has 0 bridgehead atoms. The van der Waals surface area contributed by atoms with Crippen molar-refractivity contribution in [3.05, 3.63) is 191 Å². The molecule has 7 rings (SSSR count). The summed E-state index contributed by atoms with van der Waals surface area (Å²) in [4.78, 5) is 0. The molecule has 3 nitrogen and oxygen atoms in total. The van der Waals surface area contributed by atoms with Gasteiger partial charge in [-0.1, -0.05) is 159 Å². The van der Waals surface area contributed by atoms with E-state index in [9.17, 15) is 0 Å². The first-order valence-electron chi connectivity index (χ1n) is 17.0. The first kappa shape index (κ1) is 32.1. The molecule has 1 aliphatic carbocycles. The van der Waals surface area contributed by atoms with E-state index in [1.165, 1.54) is 44.2 Å². The van der Waals surface area contributed by atoms with Crippen LogP contribution in [0.4, 0.5) is 0 Å². The van der Waals surface area contributed by atoms with Crippen LogP contribution in [0.25, 0.3) is 44.8 Å². The lowest BCUT2D eigenvalue weighted by Crippen LogP contribution is -2.31. The van der Waals surface area contributed by atoms with E-state index in [4.69, 9.17) is 11.5 Å². The molecule has 49 heavy (non-hydrogen) atoms. The highest BCUT2D eigenvalue weighted by Crippen LogP contribution is 2.53. The van der Waals surface area contributed by atoms with Crippen LogP contribution < -0.4 is 16.8 Å². The number of benzene rings is 6. The second kappa shape index (κ2) is 13.6. The summed E-state index contributed by atoms with van der Waals surface area (Å²) < 4.78 is 0. The van der Waals surface area contributed by atoms with Crippen LogP contribution in [-0.4, -0.2) is 0 Å². The number of allylic oxidation sites excluding steroid dienone is 3. The second-order valence-corrected chi connectivity index (χ2v) is 13.4. The van der Waals surface area contributed by atoms with Gasteiger partial charge in [0, 0.05) is 11.1 Å². The minimum atomic E-state index is -0.331. The summed E-state index contributed by atoms with van der Waals surface area (Å²) in [5.41, 5.74) is 25.8. The average Bonchev–Trinajstić information content (AvgIpc) is 3.37. The SMILES string of the molecule is C/C=C\C=C(/N)c1ccc(C(/C=C/c2ccc(-c3cccc4c3-c3cc5ccccc5cc3C4(C)C)cc2)NC(N)c2ccccc2)cc1. The number of fused-ring (bicyclic) bond motifs is 4. The molecule has 6 aromatic rings. The molecule has 0 radical (unpaired) electrons. The van der Waals surface area contributed by atoms with Crippen LogP contribution in [0.5, 0.6) is 0 Å². The average molecular weight is 638 g/mol. The zero-order valence-electron chi connectivity index (χ0n) is 28.4. The molecule has 0 saturated heterocycles. The first-order chi connectivity index (χ1) is 23.8. The molecule has 0 heterocycles. The zero-order valence-corrected chi connectivity index (χ0v) is 28.4. The molecule has 0 spiro atoms. The van der Waals surface area contributed by atoms with Crippen molar-refractivity contribution in [2.75, 3.05) is 0 Å². The Balaban J connectivity index is 1.19. The Labute approximate surface area is 290 Å². The van der Waals surface area contributed by atoms with Crippen LogP contribution >= 0.6 is 0 Å². The summed E-state index contributed by atoms with van der Waals surface area (Å²) in [5, 5.41) is 6.20. The van der Waals surface area contributed by atoms with E-state index >= 15 is 0 Å². The number of rotatable bonds is 9. The van der Waals surface area contributed by atoms with Gasteiger partial charge in [0.2, 0.25) is 0 Å². The summed E-state index contributed by atoms with van der Waals surface area (Å²) in [7, 11) is 0. The van der Waals surface area contributed by atoms with E-state index in [0.717, 1.165) is 28.0 Å². The van der Waals surface area contributed by atoms with Crippen molar-refractivity contribution in [1.82, 2.24) is 5.32 Å². The van der Waals surface area contributed by atoms with Crippen molar-refractivity contribution >= 4 is 22.5 Å². The molecule has 3 heteroatoms. The van der Waals surface area contributed by atoms with E-state index in [1.807, 2.05) is 43.4 Å². The third-order valence-electron chi connectivity index (χ3n) is 9.86. The third kappa shape index (κ3) is 6.39. The highest BCUT2D eigenvalue weighted by molar-refractivity contribution is 5.98. The van der Waals surface area contributed by atoms with Crippen LogP contribution in [-0.2, 0) is 5.41 Å². The van der Waals surface area contributed by atoms with Gasteiger partial charge in [-0.2, -0.15) is 0 Å². The van der Waals surface area contributed by atoms with E-state index in [2.05, 4.69) is 147 Å². The maximum Gasteiger partial charge on any atom is 0.0817 e. The highest BCUT2D eigenvalue weighted by Gasteiger charge is 2.37. The van der Waals surface area contributed by atoms with Gasteiger partial charge in [0.1, 0.15) is 0 Å². The van der Waals surface area contributed by atoms with Crippen LogP contribution in [0.1, 0.15) is 66.4 Å². The summed E-state index contributed by atoms with van der Waals surface area (Å²) >= 11 is 0. The molecule has 1 aliphatic rings. The van der Waals surface area contributed by atoms with Gasteiger partial charge in [0.25, 0.3) is 0 Å². The van der Waals surface area contributed by atoms with E-state index in [1.54, 1.807) is 0 Å². The van der Waals surface area contributed by atoms with Gasteiger partial charge in [0.15, 0.2) is 0 Å². The minimum Gasteiger partial charge on any atom is -0.398 e. The zero-order chi connectivity index (χ0) is 34.0. The van der Waals surface area contributed by atoms with Crippen LogP contribution in [0.15, 0.2) is 158 Å². The number of nitrogens with one attached hydrogen (secondary N) is 1. The monoisotopic (exact) mass is 637 g/mol. The third-order valence-corrected chi connectivity index (χ3v) is 9.86. The van der Waals surface area contributed by atoms with Crippen molar-refractivity contribution < 1.29 is 0 Å². The molecule has 242 valence electrons. The fraction of sp³-hybridized carbons (Fsp3) is 0.130. The minimum absolute atomic E-state index is 0.0667. The molecule has 0 aliphatic heterocycles. The number of nitrogens with two attached hydrogens (primary N) is 2. The molecule has 0 aromatic heterocycles. The lowest BCUT2D eigenvalue weighted by molar-refractivity contribution is 0.509. The Kier molecular flexibility index (Phi) is 8.88. The quantitative estimate of drug-likeness (QED) is 0.109. The first-order valence-corrected chi connectivity index (χ1v) is 17.0. The van der Waals surface area contributed by atoms with Gasteiger partial charge in [-0.15, -0.1) is 0 Å². The van der Waals surface area contributed by atoms with Crippen molar-refractivity contribution in [1.29, 1.82) is 0 Å². The normalized spacial score (nSPS) is 15.1. The molecule has 0 saturated carbocycles. The fourth-order valence-corrected chi connectivity index (χ4v) is 7.09. The summed E-state index contributed by atoms with van der Waals surface area (Å²) in [6, 6.07) is 47.5. The van der Waals surface area contributed by atoms with Crippen molar-refractivity contribution in [2.45, 2.75) is 38.4 Å². The van der Waals surface area contributed by atoms with E-state index in [-0.39, 0.29) is 17.6 Å². The molecule has 0 amide bonds. The smallest absolute Gasteiger partial charge is 0.0817 e. The highest BCUT2D eigenvalue weighted by atomic mass is 15.0. The van der Waals surface area contributed by atoms with Gasteiger partial charge in [-0.3, -0.25) is 5.32 Å². The Morgan fingerprint density at radius 3 is 2.10 bits per heavy atom. The lowest BCUT2D eigenvalue weighted by Gasteiger charge is -2.22. The van der Waals surface area contributed by atoms with Crippen LogP contribution in [0.3, 0.4) is 0 Å². The van der Waals surface area contributed by atoms with Crippen molar-refractivity contribution in [3.63, 3.8) is 0 Å². The standard InChI is InChI=1S/C46H43N3/c1-4-5-18-42(47)33-24-26-34(27-25-33)43(49-45(48)35-12-7-6-8-13-35)28-21-31-19-22-32(23-20-31)38-16-11-17-40-44(38)39-29-36-14-9-10-15-37(36)30-41(39)46(40,2)3/h4-30,43,45,49H,47-48H2,1-3H3/b5-4-,28-21+,42-18-. The molecule has 2 unspecified atom stereocenters. The Morgan fingerprint density at radius 1 is 0.694 bits per heavy atom. The van der Waals surface area contributed by atoms with Gasteiger partial charge in [-0.05, 0) is 91.5 Å². The molecule has 6 aromatic carbocycles. The van der Waals surface area contributed by atoms with Crippen molar-refractivity contribution in [2.24, 2.45) is 11.5 Å². The van der Waals surface area contributed by atoms with E-state index in [0.29, 0.717) is 0 Å². The lowest BCUT2D eigenvalue weighted by atomic mass is 9.81. The maximum absolute atomic E-state index is 6.67. The second-order valence-electron chi connectivity index (χ2n) is 13.4. The maximum atomic E-state index is 6.67. The Bertz CT molecular complexity index is 2190. The largest absolute Gasteiger partial charge is 0.398 e. The molecule has 5 N–H and O–H groups in total. The summed E-state index contributed by atoms with van der Waals surface area (Å²) in [5.74, 6) is 0. The molecular formula is C46H43N3. The molecule has 0 fully saturated rings. The van der Waals surface area contributed by atoms with Gasteiger partial charge < -0.3 is 11.5 Å².